The number of hydrogen-bond donors (Lipinski definition) is 1. The Morgan fingerprint density at radius 3 is 3.00 bits per heavy atom. The standard InChI is InChI=1S/C7H9NO4/c1-10-7(9)6-3-2-5(12-6)4-11-8/h2-3H,4,8H2,1H3. The fraction of sp³-hybridized carbons (Fsp3) is 0.286. The fourth-order valence-corrected chi connectivity index (χ4v) is 0.748. The molecule has 1 rings (SSSR count). The zero-order valence-electron chi connectivity index (χ0n) is 6.57. The van der Waals surface area contributed by atoms with Crippen molar-refractivity contribution in [1.82, 2.24) is 0 Å². The van der Waals surface area contributed by atoms with Crippen LogP contribution in [0.3, 0.4) is 0 Å². The molecule has 0 unspecified atom stereocenters. The maximum absolute atomic E-state index is 10.8. The van der Waals surface area contributed by atoms with Gasteiger partial charge >= 0.3 is 5.97 Å². The Morgan fingerprint density at radius 1 is 1.67 bits per heavy atom. The Bertz CT molecular complexity index is 268. The fourth-order valence-electron chi connectivity index (χ4n) is 0.748. The van der Waals surface area contributed by atoms with Crippen molar-refractivity contribution >= 4 is 5.97 Å². The lowest BCUT2D eigenvalue weighted by atomic mass is 10.4. The van der Waals surface area contributed by atoms with E-state index in [1.807, 2.05) is 0 Å². The van der Waals surface area contributed by atoms with Crippen LogP contribution in [0.2, 0.25) is 0 Å². The third-order valence-electron chi connectivity index (χ3n) is 1.27. The molecule has 0 aliphatic carbocycles. The molecule has 2 N–H and O–H groups in total. The summed E-state index contributed by atoms with van der Waals surface area (Å²) < 4.78 is 9.42. The van der Waals surface area contributed by atoms with Crippen LogP contribution < -0.4 is 5.90 Å². The molecule has 0 saturated carbocycles. The van der Waals surface area contributed by atoms with Gasteiger partial charge in [-0.1, -0.05) is 0 Å². The minimum atomic E-state index is -0.515. The van der Waals surface area contributed by atoms with E-state index in [0.29, 0.717) is 5.76 Å². The molecule has 1 heterocycles. The van der Waals surface area contributed by atoms with Gasteiger partial charge in [0.25, 0.3) is 0 Å². The molecule has 0 aliphatic heterocycles. The minimum absolute atomic E-state index is 0.136. The molecule has 0 amide bonds. The maximum Gasteiger partial charge on any atom is 0.373 e. The average Bonchev–Trinajstić information content (AvgIpc) is 2.52. The van der Waals surface area contributed by atoms with Gasteiger partial charge in [-0.05, 0) is 12.1 Å². The molecule has 0 aliphatic rings. The van der Waals surface area contributed by atoms with E-state index in [2.05, 4.69) is 9.57 Å². The van der Waals surface area contributed by atoms with Crippen LogP contribution in [0, 0.1) is 0 Å². The Labute approximate surface area is 69.0 Å². The number of carbonyl (C=O) groups is 1. The first-order chi connectivity index (χ1) is 5.77. The summed E-state index contributed by atoms with van der Waals surface area (Å²) in [6.45, 7) is 0.136. The van der Waals surface area contributed by atoms with Gasteiger partial charge in [-0.3, -0.25) is 4.84 Å². The largest absolute Gasteiger partial charge is 0.463 e. The highest BCUT2D eigenvalue weighted by molar-refractivity contribution is 5.86. The number of ether oxygens (including phenoxy) is 1. The Morgan fingerprint density at radius 2 is 2.42 bits per heavy atom. The third kappa shape index (κ3) is 1.84. The van der Waals surface area contributed by atoms with E-state index in [4.69, 9.17) is 10.3 Å². The molecular weight excluding hydrogens is 162 g/mol. The molecule has 12 heavy (non-hydrogen) atoms. The van der Waals surface area contributed by atoms with Crippen molar-refractivity contribution in [2.45, 2.75) is 6.61 Å². The third-order valence-corrected chi connectivity index (χ3v) is 1.27. The number of carbonyl (C=O) groups excluding carboxylic acids is 1. The van der Waals surface area contributed by atoms with Crippen LogP contribution >= 0.6 is 0 Å². The van der Waals surface area contributed by atoms with Gasteiger partial charge in [-0.2, -0.15) is 0 Å². The molecule has 0 atom stereocenters. The van der Waals surface area contributed by atoms with E-state index < -0.39 is 5.97 Å². The summed E-state index contributed by atoms with van der Waals surface area (Å²) in [5.41, 5.74) is 0. The molecule has 5 nitrogen and oxygen atoms in total. The summed E-state index contributed by atoms with van der Waals surface area (Å²) >= 11 is 0. The second-order valence-corrected chi connectivity index (χ2v) is 2.07. The van der Waals surface area contributed by atoms with Crippen molar-refractivity contribution in [3.63, 3.8) is 0 Å². The minimum Gasteiger partial charge on any atom is -0.463 e. The topological polar surface area (TPSA) is 74.7 Å². The lowest BCUT2D eigenvalue weighted by Gasteiger charge is -1.93. The number of rotatable bonds is 3. The van der Waals surface area contributed by atoms with Crippen LogP contribution in [0.25, 0.3) is 0 Å². The van der Waals surface area contributed by atoms with Crippen LogP contribution in [-0.4, -0.2) is 13.1 Å². The van der Waals surface area contributed by atoms with Gasteiger partial charge < -0.3 is 9.15 Å². The van der Waals surface area contributed by atoms with Crippen LogP contribution in [-0.2, 0) is 16.2 Å². The summed E-state index contributed by atoms with van der Waals surface area (Å²) in [7, 11) is 1.28. The Hall–Kier alpha value is -1.33. The quantitative estimate of drug-likeness (QED) is 0.528. The Kier molecular flexibility index (Phi) is 2.84. The number of hydrogen-bond acceptors (Lipinski definition) is 5. The SMILES string of the molecule is COC(=O)c1ccc(CON)o1. The molecule has 0 fully saturated rings. The molecule has 5 heteroatoms. The molecule has 0 radical (unpaired) electrons. The van der Waals surface area contributed by atoms with Gasteiger partial charge in [-0.25, -0.2) is 10.7 Å². The first-order valence-electron chi connectivity index (χ1n) is 3.26. The summed E-state index contributed by atoms with van der Waals surface area (Å²) in [6.07, 6.45) is 0. The molecule has 66 valence electrons. The van der Waals surface area contributed by atoms with Crippen molar-refractivity contribution in [3.8, 4) is 0 Å². The van der Waals surface area contributed by atoms with E-state index in [1.165, 1.54) is 13.2 Å². The lowest BCUT2D eigenvalue weighted by Crippen LogP contribution is -1.99. The molecule has 0 saturated heterocycles. The van der Waals surface area contributed by atoms with Gasteiger partial charge in [0.1, 0.15) is 12.4 Å². The monoisotopic (exact) mass is 171 g/mol. The van der Waals surface area contributed by atoms with Crippen LogP contribution in [0.15, 0.2) is 16.5 Å². The van der Waals surface area contributed by atoms with E-state index >= 15 is 0 Å². The van der Waals surface area contributed by atoms with Gasteiger partial charge in [0.15, 0.2) is 0 Å². The summed E-state index contributed by atoms with van der Waals surface area (Å²) in [4.78, 5) is 15.2. The number of furan rings is 1. The number of nitrogens with two attached hydrogens (primary N) is 1. The number of esters is 1. The number of methoxy groups -OCH3 is 1. The predicted molar refractivity (Wildman–Crippen MR) is 39.0 cm³/mol. The van der Waals surface area contributed by atoms with E-state index in [-0.39, 0.29) is 12.4 Å². The molecule has 1 aromatic heterocycles. The molecule has 0 aromatic carbocycles. The highest BCUT2D eigenvalue weighted by atomic mass is 16.6. The van der Waals surface area contributed by atoms with Crippen LogP contribution in [0.1, 0.15) is 16.3 Å². The second kappa shape index (κ2) is 3.89. The summed E-state index contributed by atoms with van der Waals surface area (Å²) in [6, 6.07) is 3.10. The molecule has 0 bridgehead atoms. The predicted octanol–water partition coefficient (Wildman–Crippen LogP) is 0.457. The van der Waals surface area contributed by atoms with E-state index in [9.17, 15) is 4.79 Å². The van der Waals surface area contributed by atoms with Crippen molar-refractivity contribution in [1.29, 1.82) is 0 Å². The van der Waals surface area contributed by atoms with Gasteiger partial charge in [0.05, 0.1) is 7.11 Å². The van der Waals surface area contributed by atoms with Crippen molar-refractivity contribution in [2.75, 3.05) is 7.11 Å². The zero-order valence-corrected chi connectivity index (χ0v) is 6.57. The first-order valence-corrected chi connectivity index (χ1v) is 3.26. The zero-order chi connectivity index (χ0) is 8.97. The molecular formula is C7H9NO4. The normalized spacial score (nSPS) is 9.83. The van der Waals surface area contributed by atoms with Crippen molar-refractivity contribution in [3.05, 3.63) is 23.7 Å². The average molecular weight is 171 g/mol. The van der Waals surface area contributed by atoms with E-state index in [1.54, 1.807) is 6.07 Å². The lowest BCUT2D eigenvalue weighted by molar-refractivity contribution is 0.0552. The van der Waals surface area contributed by atoms with Crippen molar-refractivity contribution < 1.29 is 18.8 Å². The van der Waals surface area contributed by atoms with Crippen molar-refractivity contribution in [2.24, 2.45) is 5.90 Å². The second-order valence-electron chi connectivity index (χ2n) is 2.07. The van der Waals surface area contributed by atoms with Crippen LogP contribution in [0.4, 0.5) is 0 Å². The smallest absolute Gasteiger partial charge is 0.373 e. The molecule has 1 aromatic rings. The highest BCUT2D eigenvalue weighted by Crippen LogP contribution is 2.08. The first kappa shape index (κ1) is 8.76. The summed E-state index contributed by atoms with van der Waals surface area (Å²) in [5, 5.41) is 0. The Balaban J connectivity index is 2.70. The summed E-state index contributed by atoms with van der Waals surface area (Å²) in [5.74, 6) is 4.91. The highest BCUT2D eigenvalue weighted by Gasteiger charge is 2.10. The van der Waals surface area contributed by atoms with Gasteiger partial charge in [0.2, 0.25) is 5.76 Å². The van der Waals surface area contributed by atoms with E-state index in [0.717, 1.165) is 0 Å². The van der Waals surface area contributed by atoms with Crippen LogP contribution in [0.5, 0.6) is 0 Å². The van der Waals surface area contributed by atoms with Gasteiger partial charge in [-0.15, -0.1) is 0 Å². The molecule has 0 spiro atoms. The maximum atomic E-state index is 10.8. The van der Waals surface area contributed by atoms with Gasteiger partial charge in [0, 0.05) is 0 Å².